The Bertz CT molecular complexity index is 3860. The van der Waals surface area contributed by atoms with Crippen LogP contribution in [0.15, 0.2) is 286 Å². The molecule has 0 aliphatic heterocycles. The van der Waals surface area contributed by atoms with E-state index in [1.165, 1.54) is 27.1 Å². The van der Waals surface area contributed by atoms with Gasteiger partial charge in [-0.1, -0.05) is 157 Å². The Labute approximate surface area is 552 Å². The maximum Gasteiger partial charge on any atom is 2.00 e. The van der Waals surface area contributed by atoms with Gasteiger partial charge in [0.25, 0.3) is 0 Å². The third kappa shape index (κ3) is 23.1. The number of aryl methyl sites for hydroxylation is 1. The Morgan fingerprint density at radius 3 is 0.857 bits per heavy atom. The van der Waals surface area contributed by atoms with Crippen molar-refractivity contribution in [2.75, 3.05) is 0 Å². The summed E-state index contributed by atoms with van der Waals surface area (Å²) in [6, 6.07) is 73.7. The van der Waals surface area contributed by atoms with Gasteiger partial charge in [0, 0.05) is 49.6 Å². The summed E-state index contributed by atoms with van der Waals surface area (Å²) >= 11 is 0. The zero-order chi connectivity index (χ0) is 62.7. The SMILES string of the molecule is Cc1ccccc1.[O-][Cl+3]([O-])([O-])[O-].[O-][Cl+3]([O-])([O-])[O-].[Os+2].[Os+2].c1cc2ccc3cccc4c5[n-]c(-c6ncc[n-]6)nc5c(c1)c2c34.c1ccc(-c2ccccn2)nc1.c1ccc(-c2ccccn2)nc1.c1ccc(-c2ccccn2)nc1.c1ccc(-c2ccccn2)nc1. The fraction of sp³-hybridized carbons (Fsp3) is 0.0149. The molecule has 0 saturated heterocycles. The molecular weight excluding hydrogens is 1550 g/mol. The summed E-state index contributed by atoms with van der Waals surface area (Å²) in [7, 11) is -9.89. The zero-order valence-electron chi connectivity index (χ0n) is 47.7. The Kier molecular flexibility index (Phi) is 28.2. The van der Waals surface area contributed by atoms with Crippen LogP contribution in [-0.2, 0) is 39.6 Å². The molecule has 0 fully saturated rings. The minimum Gasteiger partial charge on any atom is -0.443 e. The predicted octanol–water partition coefficient (Wildman–Crippen LogP) is 5.16. The molecule has 0 aliphatic carbocycles. The molecule has 0 amide bonds. The van der Waals surface area contributed by atoms with Gasteiger partial charge in [0.15, 0.2) is 0 Å². The number of benzene rings is 5. The molecule has 15 aromatic rings. The number of rotatable bonds is 5. The van der Waals surface area contributed by atoms with E-state index in [0.29, 0.717) is 11.6 Å². The third-order valence-corrected chi connectivity index (χ3v) is 12.0. The van der Waals surface area contributed by atoms with E-state index in [4.69, 9.17) is 47.2 Å². The molecule has 0 aliphatic rings. The van der Waals surface area contributed by atoms with Gasteiger partial charge in [-0.3, -0.25) is 39.9 Å². The average molecular weight is 1600 g/mol. The van der Waals surface area contributed by atoms with Crippen molar-refractivity contribution in [2.45, 2.75) is 6.92 Å². The molecule has 0 spiro atoms. The molecule has 91 heavy (non-hydrogen) atoms. The second-order valence-corrected chi connectivity index (χ2v) is 19.6. The van der Waals surface area contributed by atoms with E-state index in [9.17, 15) is 0 Å². The number of imidazole rings is 2. The third-order valence-electron chi connectivity index (χ3n) is 12.0. The quantitative estimate of drug-likeness (QED) is 0.201. The normalized spacial score (nSPS) is 10.3. The standard InChI is InChI=1S/C20H10N4.4C10H8N2.C7H8.2ClHO4.2Os/c1-3-11-7-8-12-4-2-6-14-16(12)15(11)13(5-1)17-18(14)24-20(23-17)19-21-9-10-22-19;4*1-3-7-11-9(5-1)10-6-2-4-8-12-10;1-7-5-3-2-4-6-7;2*2-1(3,4)5;;/h1-10H;4*1-8H;2-6H,1H3;2*(H,2,3,4,5);;/q-2;;;;;;;;2*+2/p-2. The maximum absolute atomic E-state index is 8.49. The molecule has 0 saturated carbocycles. The molecule has 0 atom stereocenters. The van der Waals surface area contributed by atoms with Gasteiger partial charge in [0.05, 0.1) is 45.6 Å². The van der Waals surface area contributed by atoms with Gasteiger partial charge in [-0.05, 0) is 147 Å². The topological polar surface area (TPSA) is 342 Å². The number of hydrogen-bond donors (Lipinski definition) is 0. The fourth-order valence-electron chi connectivity index (χ4n) is 8.37. The van der Waals surface area contributed by atoms with Crippen LogP contribution in [0.4, 0.5) is 0 Å². The minimum absolute atomic E-state index is 0. The summed E-state index contributed by atoms with van der Waals surface area (Å²) in [6.07, 6.45) is 17.5. The number of hydrogen-bond acceptors (Lipinski definition) is 18. The van der Waals surface area contributed by atoms with Crippen molar-refractivity contribution in [1.82, 2.24) is 59.8 Å². The average Bonchev–Trinajstić information content (AvgIpc) is 1.71. The van der Waals surface area contributed by atoms with Gasteiger partial charge >= 0.3 is 39.6 Å². The van der Waals surface area contributed by atoms with Crippen LogP contribution in [0.25, 0.3) is 101 Å². The molecule has 0 unspecified atom stereocenters. The second kappa shape index (κ2) is 36.3. The van der Waals surface area contributed by atoms with Crippen molar-refractivity contribution in [2.24, 2.45) is 0 Å². The van der Waals surface area contributed by atoms with Crippen molar-refractivity contribution in [1.29, 1.82) is 0 Å². The number of aromatic nitrogens is 12. The maximum atomic E-state index is 8.49. The van der Waals surface area contributed by atoms with Crippen LogP contribution in [0, 0.1) is 27.4 Å². The van der Waals surface area contributed by atoms with Crippen molar-refractivity contribution in [3.63, 3.8) is 0 Å². The molecule has 10 aromatic heterocycles. The van der Waals surface area contributed by atoms with Gasteiger partial charge in [0.1, 0.15) is 0 Å². The molecule has 456 valence electrons. The van der Waals surface area contributed by atoms with Crippen molar-refractivity contribution >= 4 is 43.4 Å². The Morgan fingerprint density at radius 1 is 0.297 bits per heavy atom. The van der Waals surface area contributed by atoms with E-state index < -0.39 is 20.5 Å². The van der Waals surface area contributed by atoms with Crippen molar-refractivity contribution in [3.05, 3.63) is 292 Å². The minimum atomic E-state index is -4.94. The van der Waals surface area contributed by atoms with Crippen LogP contribution < -0.4 is 47.2 Å². The number of pyridine rings is 8. The number of fused-ring (bicyclic) bond motifs is 3. The van der Waals surface area contributed by atoms with Crippen LogP contribution in [-0.4, -0.2) is 49.8 Å². The first-order valence-corrected chi connectivity index (χ1v) is 29.1. The van der Waals surface area contributed by atoms with Gasteiger partial charge in [-0.15, -0.1) is 20.5 Å². The molecule has 10 heterocycles. The number of halogens is 2. The summed E-state index contributed by atoms with van der Waals surface area (Å²) in [5, 5.41) is 7.24. The van der Waals surface area contributed by atoms with Crippen LogP contribution in [0.5, 0.6) is 0 Å². The van der Waals surface area contributed by atoms with Crippen molar-refractivity contribution in [3.8, 4) is 57.2 Å². The van der Waals surface area contributed by atoms with E-state index in [-0.39, 0.29) is 39.6 Å². The van der Waals surface area contributed by atoms with Crippen LogP contribution in [0.3, 0.4) is 0 Å². The smallest absolute Gasteiger partial charge is 0.443 e. The fourth-order valence-corrected chi connectivity index (χ4v) is 8.37. The molecule has 0 N–H and O–H groups in total. The first-order valence-electron chi connectivity index (χ1n) is 26.6. The molecular formula is C67H50Cl2N12O8Os2. The first kappa shape index (κ1) is 70.6. The summed E-state index contributed by atoms with van der Waals surface area (Å²) in [5.41, 5.74) is 10.5. The molecule has 24 heteroatoms. The summed E-state index contributed by atoms with van der Waals surface area (Å²) < 4.78 is 67.9. The molecule has 20 nitrogen and oxygen atoms in total. The van der Waals surface area contributed by atoms with Crippen LogP contribution in [0.2, 0.25) is 0 Å². The molecule has 15 rings (SSSR count). The first-order chi connectivity index (χ1) is 43.2. The molecule has 5 aromatic carbocycles. The Balaban J connectivity index is 0.000000174. The van der Waals surface area contributed by atoms with Gasteiger partial charge in [-0.25, -0.2) is 37.3 Å². The summed E-state index contributed by atoms with van der Waals surface area (Å²) in [4.78, 5) is 51.5. The van der Waals surface area contributed by atoms with Crippen LogP contribution >= 0.6 is 0 Å². The monoisotopic (exact) mass is 1600 g/mol. The van der Waals surface area contributed by atoms with Crippen LogP contribution in [0.1, 0.15) is 5.56 Å². The van der Waals surface area contributed by atoms with E-state index in [0.717, 1.165) is 67.4 Å². The van der Waals surface area contributed by atoms with E-state index >= 15 is 0 Å². The largest absolute Gasteiger partial charge is 2.00 e. The number of nitrogens with zero attached hydrogens (tertiary/aromatic N) is 12. The summed E-state index contributed by atoms with van der Waals surface area (Å²) in [6.45, 7) is 2.08. The Hall–Kier alpha value is -9.45. The zero-order valence-corrected chi connectivity index (χ0v) is 54.3. The van der Waals surface area contributed by atoms with Gasteiger partial charge in [-0.2, -0.15) is 0 Å². The van der Waals surface area contributed by atoms with E-state index in [1.54, 1.807) is 62.0 Å². The summed E-state index contributed by atoms with van der Waals surface area (Å²) in [5.74, 6) is 1.17. The predicted molar refractivity (Wildman–Crippen MR) is 316 cm³/mol. The molecule has 0 bridgehead atoms. The van der Waals surface area contributed by atoms with Crippen molar-refractivity contribution < 1.29 is 97.3 Å². The van der Waals surface area contributed by atoms with Gasteiger partial charge in [0.2, 0.25) is 0 Å². The second-order valence-electron chi connectivity index (χ2n) is 18.1. The van der Waals surface area contributed by atoms with Gasteiger partial charge < -0.3 is 19.9 Å². The van der Waals surface area contributed by atoms with E-state index in [2.05, 4.69) is 117 Å². The van der Waals surface area contributed by atoms with E-state index in [1.807, 2.05) is 164 Å². The Morgan fingerprint density at radius 2 is 0.593 bits per heavy atom. The molecule has 0 radical (unpaired) electrons.